The fraction of sp³-hybridized carbons (Fsp3) is 0.909. The van der Waals surface area contributed by atoms with Crippen LogP contribution in [-0.4, -0.2) is 35.4 Å². The van der Waals surface area contributed by atoms with Gasteiger partial charge in [-0.3, -0.25) is 4.79 Å². The zero-order valence-electron chi connectivity index (χ0n) is 9.11. The minimum absolute atomic E-state index is 0.0319. The zero-order valence-corrected chi connectivity index (χ0v) is 9.11. The summed E-state index contributed by atoms with van der Waals surface area (Å²) < 4.78 is 0. The van der Waals surface area contributed by atoms with Crippen LogP contribution in [0.1, 0.15) is 38.5 Å². The normalized spacial score (nSPS) is 20.7. The van der Waals surface area contributed by atoms with Crippen LogP contribution in [0.5, 0.6) is 0 Å². The van der Waals surface area contributed by atoms with Crippen molar-refractivity contribution < 1.29 is 15.0 Å². The van der Waals surface area contributed by atoms with E-state index in [4.69, 9.17) is 10.2 Å². The van der Waals surface area contributed by atoms with Gasteiger partial charge in [-0.2, -0.15) is 0 Å². The molecule has 1 aliphatic carbocycles. The second-order valence-corrected chi connectivity index (χ2v) is 4.27. The van der Waals surface area contributed by atoms with E-state index >= 15 is 0 Å². The molecule has 4 nitrogen and oxygen atoms in total. The third kappa shape index (κ3) is 4.62. The summed E-state index contributed by atoms with van der Waals surface area (Å²) in [6.45, 7) is -0.142. The van der Waals surface area contributed by atoms with Crippen LogP contribution in [0.15, 0.2) is 0 Å². The summed E-state index contributed by atoms with van der Waals surface area (Å²) in [6.07, 6.45) is 5.79. The minimum atomic E-state index is -0.834. The summed E-state index contributed by atoms with van der Waals surface area (Å²) in [5.74, 6) is 0.141. The lowest BCUT2D eigenvalue weighted by atomic mass is 9.99. The van der Waals surface area contributed by atoms with E-state index < -0.39 is 6.10 Å². The fourth-order valence-corrected chi connectivity index (χ4v) is 1.97. The maximum Gasteiger partial charge on any atom is 0.223 e. The van der Waals surface area contributed by atoms with E-state index in [-0.39, 0.29) is 25.0 Å². The number of aliphatic hydroxyl groups excluding tert-OH is 2. The molecule has 1 amide bonds. The summed E-state index contributed by atoms with van der Waals surface area (Å²) in [5, 5.41) is 20.4. The molecule has 3 N–H and O–H groups in total. The third-order valence-corrected chi connectivity index (χ3v) is 2.95. The van der Waals surface area contributed by atoms with Gasteiger partial charge in [0.05, 0.1) is 12.7 Å². The third-order valence-electron chi connectivity index (χ3n) is 2.95. The molecule has 1 atom stereocenters. The molecule has 88 valence electrons. The summed E-state index contributed by atoms with van der Waals surface area (Å²) in [5.41, 5.74) is 0. The van der Waals surface area contributed by atoms with E-state index in [9.17, 15) is 4.79 Å². The molecule has 1 fully saturated rings. The molecule has 0 spiro atoms. The number of hydrogen-bond donors (Lipinski definition) is 3. The second-order valence-electron chi connectivity index (χ2n) is 4.27. The average Bonchev–Trinajstić information content (AvgIpc) is 2.53. The SMILES string of the molecule is O=C(NCC(O)CO)C1CCCCCC1. The van der Waals surface area contributed by atoms with Gasteiger partial charge < -0.3 is 15.5 Å². The number of rotatable bonds is 4. The highest BCUT2D eigenvalue weighted by Crippen LogP contribution is 2.22. The van der Waals surface area contributed by atoms with Crippen molar-refractivity contribution in [2.45, 2.75) is 44.6 Å². The number of amides is 1. The topological polar surface area (TPSA) is 69.6 Å². The molecule has 1 unspecified atom stereocenters. The Balaban J connectivity index is 2.25. The molecule has 4 heteroatoms. The Morgan fingerprint density at radius 2 is 1.87 bits per heavy atom. The van der Waals surface area contributed by atoms with Crippen LogP contribution in [0, 0.1) is 5.92 Å². The molecule has 1 aliphatic rings. The van der Waals surface area contributed by atoms with Gasteiger partial charge >= 0.3 is 0 Å². The van der Waals surface area contributed by atoms with E-state index in [0.717, 1.165) is 25.7 Å². The van der Waals surface area contributed by atoms with Crippen molar-refractivity contribution in [1.29, 1.82) is 0 Å². The first-order valence-corrected chi connectivity index (χ1v) is 5.80. The van der Waals surface area contributed by atoms with Crippen molar-refractivity contribution in [3.8, 4) is 0 Å². The Morgan fingerprint density at radius 3 is 2.40 bits per heavy atom. The molecule has 0 aliphatic heterocycles. The van der Waals surface area contributed by atoms with Gasteiger partial charge in [0.2, 0.25) is 5.91 Å². The first kappa shape index (κ1) is 12.5. The average molecular weight is 215 g/mol. The second kappa shape index (κ2) is 6.80. The number of aliphatic hydroxyl groups is 2. The van der Waals surface area contributed by atoms with Crippen LogP contribution in [0.3, 0.4) is 0 Å². The Hall–Kier alpha value is -0.610. The Bertz CT molecular complexity index is 188. The van der Waals surface area contributed by atoms with E-state index in [0.29, 0.717) is 0 Å². The molecule has 0 aromatic heterocycles. The van der Waals surface area contributed by atoms with E-state index in [1.807, 2.05) is 0 Å². The van der Waals surface area contributed by atoms with Gasteiger partial charge in [0.15, 0.2) is 0 Å². The van der Waals surface area contributed by atoms with Gasteiger partial charge in [-0.05, 0) is 12.8 Å². The lowest BCUT2D eigenvalue weighted by molar-refractivity contribution is -0.125. The van der Waals surface area contributed by atoms with Crippen molar-refractivity contribution in [3.63, 3.8) is 0 Å². The van der Waals surface area contributed by atoms with Gasteiger partial charge in [-0.15, -0.1) is 0 Å². The Morgan fingerprint density at radius 1 is 1.27 bits per heavy atom. The summed E-state index contributed by atoms with van der Waals surface area (Å²) in [7, 11) is 0. The highest BCUT2D eigenvalue weighted by atomic mass is 16.3. The predicted molar refractivity (Wildman–Crippen MR) is 57.3 cm³/mol. The van der Waals surface area contributed by atoms with Crippen molar-refractivity contribution in [2.75, 3.05) is 13.2 Å². The summed E-state index contributed by atoms with van der Waals surface area (Å²) in [4.78, 5) is 11.7. The van der Waals surface area contributed by atoms with E-state index in [1.165, 1.54) is 12.8 Å². The monoisotopic (exact) mass is 215 g/mol. The quantitative estimate of drug-likeness (QED) is 0.595. The number of hydrogen-bond acceptors (Lipinski definition) is 3. The van der Waals surface area contributed by atoms with Crippen molar-refractivity contribution >= 4 is 5.91 Å². The van der Waals surface area contributed by atoms with Gasteiger partial charge in [0.1, 0.15) is 0 Å². The number of carbonyl (C=O) groups is 1. The molecule has 0 aromatic rings. The molecule has 1 rings (SSSR count). The van der Waals surface area contributed by atoms with Crippen molar-refractivity contribution in [2.24, 2.45) is 5.92 Å². The van der Waals surface area contributed by atoms with Crippen LogP contribution in [0.2, 0.25) is 0 Å². The fourth-order valence-electron chi connectivity index (χ4n) is 1.97. The lowest BCUT2D eigenvalue weighted by Crippen LogP contribution is -2.37. The Labute approximate surface area is 90.7 Å². The first-order valence-electron chi connectivity index (χ1n) is 5.80. The largest absolute Gasteiger partial charge is 0.394 e. The van der Waals surface area contributed by atoms with Gasteiger partial charge in [-0.1, -0.05) is 25.7 Å². The number of carbonyl (C=O) groups excluding carboxylic acids is 1. The molecular formula is C11H21NO3. The minimum Gasteiger partial charge on any atom is -0.394 e. The van der Waals surface area contributed by atoms with E-state index in [1.54, 1.807) is 0 Å². The molecular weight excluding hydrogens is 194 g/mol. The van der Waals surface area contributed by atoms with Crippen LogP contribution in [0.4, 0.5) is 0 Å². The standard InChI is InChI=1S/C11H21NO3/c13-8-10(14)7-12-11(15)9-5-3-1-2-4-6-9/h9-10,13-14H,1-8H2,(H,12,15). The summed E-state index contributed by atoms with van der Waals surface area (Å²) in [6, 6.07) is 0. The molecule has 0 heterocycles. The van der Waals surface area contributed by atoms with Crippen LogP contribution >= 0.6 is 0 Å². The highest BCUT2D eigenvalue weighted by molar-refractivity contribution is 5.78. The maximum absolute atomic E-state index is 11.7. The highest BCUT2D eigenvalue weighted by Gasteiger charge is 2.20. The van der Waals surface area contributed by atoms with Crippen LogP contribution < -0.4 is 5.32 Å². The van der Waals surface area contributed by atoms with Crippen molar-refractivity contribution in [3.05, 3.63) is 0 Å². The molecule has 15 heavy (non-hydrogen) atoms. The smallest absolute Gasteiger partial charge is 0.223 e. The van der Waals surface area contributed by atoms with Gasteiger partial charge in [-0.25, -0.2) is 0 Å². The predicted octanol–water partition coefficient (Wildman–Crippen LogP) is 0.426. The van der Waals surface area contributed by atoms with Crippen molar-refractivity contribution in [1.82, 2.24) is 5.32 Å². The lowest BCUT2D eigenvalue weighted by Gasteiger charge is -2.15. The Kier molecular flexibility index (Phi) is 5.65. The van der Waals surface area contributed by atoms with Crippen LogP contribution in [-0.2, 0) is 4.79 Å². The molecule has 0 saturated heterocycles. The number of nitrogens with one attached hydrogen (secondary N) is 1. The molecule has 0 aromatic carbocycles. The first-order chi connectivity index (χ1) is 7.24. The molecule has 1 saturated carbocycles. The van der Waals surface area contributed by atoms with Gasteiger partial charge in [0.25, 0.3) is 0 Å². The van der Waals surface area contributed by atoms with E-state index in [2.05, 4.69) is 5.32 Å². The maximum atomic E-state index is 11.7. The molecule has 0 bridgehead atoms. The summed E-state index contributed by atoms with van der Waals surface area (Å²) >= 11 is 0. The van der Waals surface area contributed by atoms with Gasteiger partial charge in [0, 0.05) is 12.5 Å². The van der Waals surface area contributed by atoms with Crippen LogP contribution in [0.25, 0.3) is 0 Å². The molecule has 0 radical (unpaired) electrons. The zero-order chi connectivity index (χ0) is 11.1.